The lowest BCUT2D eigenvalue weighted by molar-refractivity contribution is 0.527. The van der Waals surface area contributed by atoms with E-state index in [0.29, 0.717) is 0 Å². The van der Waals surface area contributed by atoms with Crippen molar-refractivity contribution in [1.29, 1.82) is 0 Å². The summed E-state index contributed by atoms with van der Waals surface area (Å²) in [6.07, 6.45) is 0. The van der Waals surface area contributed by atoms with Gasteiger partial charge in [0.15, 0.2) is 0 Å². The topological polar surface area (TPSA) is 3.24 Å². The highest BCUT2D eigenvalue weighted by molar-refractivity contribution is 8.93. The van der Waals surface area contributed by atoms with Crippen molar-refractivity contribution in [3.05, 3.63) is 0 Å². The molecule has 0 aromatic rings. The number of hydrogen-bond donors (Lipinski definition) is 0. The summed E-state index contributed by atoms with van der Waals surface area (Å²) in [6, 6.07) is 0. The lowest BCUT2D eigenvalue weighted by atomic mass is 10.7. The second-order valence-electron chi connectivity index (χ2n) is 1.32. The summed E-state index contributed by atoms with van der Waals surface area (Å²) in [4.78, 5) is 0. The molecule has 0 saturated carbocycles. The van der Waals surface area contributed by atoms with Gasteiger partial charge in [-0.25, -0.2) is 0 Å². The Hall–Kier alpha value is 1.16. The van der Waals surface area contributed by atoms with Crippen LogP contribution in [0.15, 0.2) is 0 Å². The second-order valence-corrected chi connectivity index (χ2v) is 2.43. The van der Waals surface area contributed by atoms with Crippen LogP contribution in [0.4, 0.5) is 0 Å². The molecule has 0 aliphatic heterocycles. The van der Waals surface area contributed by atoms with E-state index in [4.69, 9.17) is 11.6 Å². The third-order valence-electron chi connectivity index (χ3n) is 0.778. The molecule has 0 radical (unpaired) electrons. The van der Waals surface area contributed by atoms with Gasteiger partial charge in [0.05, 0.1) is 0 Å². The normalized spacial score (nSPS) is 9.00. The summed E-state index contributed by atoms with van der Waals surface area (Å²) < 4.78 is 2.09. The van der Waals surface area contributed by atoms with Gasteiger partial charge >= 0.3 is 0 Å². The summed E-state index contributed by atoms with van der Waals surface area (Å²) in [5.41, 5.74) is 0. The molecule has 0 fully saturated rings. The molecule has 1 nitrogen and oxygen atoms in total. The molecule has 0 aliphatic rings. The Morgan fingerprint density at radius 1 is 1.62 bits per heavy atom. The van der Waals surface area contributed by atoms with Gasteiger partial charge in [-0.15, -0.1) is 28.6 Å². The zero-order chi connectivity index (χ0) is 5.70. The first-order chi connectivity index (χ1) is 3.31. The van der Waals surface area contributed by atoms with E-state index >= 15 is 0 Å². The SMILES string of the molecule is Br.CCN(P)CCCl. The Kier molecular flexibility index (Phi) is 12.1. The van der Waals surface area contributed by atoms with Crippen LogP contribution in [0.1, 0.15) is 6.92 Å². The zero-order valence-electron chi connectivity index (χ0n) is 4.93. The minimum Gasteiger partial charge on any atom is -0.286 e. The highest BCUT2D eigenvalue weighted by atomic mass is 79.9. The van der Waals surface area contributed by atoms with Gasteiger partial charge in [0.25, 0.3) is 0 Å². The fourth-order valence-corrected chi connectivity index (χ4v) is 0.777. The highest BCUT2D eigenvalue weighted by Crippen LogP contribution is 1.95. The van der Waals surface area contributed by atoms with Crippen LogP contribution in [-0.2, 0) is 0 Å². The third kappa shape index (κ3) is 7.16. The minimum absolute atomic E-state index is 0. The van der Waals surface area contributed by atoms with Crippen molar-refractivity contribution < 1.29 is 0 Å². The first-order valence-corrected chi connectivity index (χ1v) is 3.42. The fourth-order valence-electron chi connectivity index (χ4n) is 0.267. The quantitative estimate of drug-likeness (QED) is 0.519. The Bertz CT molecular complexity index is 47.0. The molecule has 0 saturated heterocycles. The van der Waals surface area contributed by atoms with E-state index in [0.717, 1.165) is 19.0 Å². The third-order valence-corrected chi connectivity index (χ3v) is 1.57. The lowest BCUT2D eigenvalue weighted by Gasteiger charge is -2.08. The van der Waals surface area contributed by atoms with E-state index < -0.39 is 0 Å². The molecule has 0 amide bonds. The summed E-state index contributed by atoms with van der Waals surface area (Å²) in [5.74, 6) is 0.720. The van der Waals surface area contributed by atoms with E-state index in [1.165, 1.54) is 0 Å². The molecule has 0 aromatic carbocycles. The van der Waals surface area contributed by atoms with Gasteiger partial charge in [0.2, 0.25) is 0 Å². The van der Waals surface area contributed by atoms with E-state index in [2.05, 4.69) is 21.0 Å². The molecule has 8 heavy (non-hydrogen) atoms. The van der Waals surface area contributed by atoms with Crippen molar-refractivity contribution in [1.82, 2.24) is 4.67 Å². The first kappa shape index (κ1) is 11.9. The van der Waals surface area contributed by atoms with Crippen LogP contribution < -0.4 is 0 Å². The van der Waals surface area contributed by atoms with Crippen LogP contribution in [0.3, 0.4) is 0 Å². The molecule has 0 N–H and O–H groups in total. The first-order valence-electron chi connectivity index (χ1n) is 2.37. The molecule has 0 spiro atoms. The Morgan fingerprint density at radius 2 is 2.12 bits per heavy atom. The van der Waals surface area contributed by atoms with Crippen molar-refractivity contribution in [3.8, 4) is 0 Å². The lowest BCUT2D eigenvalue weighted by Crippen LogP contribution is -2.12. The zero-order valence-corrected chi connectivity index (χ0v) is 8.56. The summed E-state index contributed by atoms with van der Waals surface area (Å²) >= 11 is 5.42. The standard InChI is InChI=1S/C4H11ClNP.BrH/c1-2-6(7)4-3-5;/h2-4,7H2,1H3;1H. The number of alkyl halides is 1. The Labute approximate surface area is 68.8 Å². The van der Waals surface area contributed by atoms with Crippen LogP contribution >= 0.6 is 38.0 Å². The number of hydrogen-bond acceptors (Lipinski definition) is 1. The number of halogens is 2. The average molecular weight is 220 g/mol. The predicted octanol–water partition coefficient (Wildman–Crippen LogP) is 1.92. The summed E-state index contributed by atoms with van der Waals surface area (Å²) in [6.45, 7) is 4.11. The maximum atomic E-state index is 5.42. The van der Waals surface area contributed by atoms with Crippen LogP contribution in [0.5, 0.6) is 0 Å². The molecule has 4 heteroatoms. The fraction of sp³-hybridized carbons (Fsp3) is 1.00. The van der Waals surface area contributed by atoms with E-state index in [-0.39, 0.29) is 17.0 Å². The van der Waals surface area contributed by atoms with Crippen LogP contribution in [0, 0.1) is 0 Å². The summed E-state index contributed by atoms with van der Waals surface area (Å²) in [5, 5.41) is 0. The van der Waals surface area contributed by atoms with E-state index in [1.807, 2.05) is 0 Å². The van der Waals surface area contributed by atoms with Gasteiger partial charge in [-0.05, 0) is 6.54 Å². The van der Waals surface area contributed by atoms with Crippen LogP contribution in [-0.4, -0.2) is 23.6 Å². The molecule has 0 rings (SSSR count). The second kappa shape index (κ2) is 8.16. The van der Waals surface area contributed by atoms with Crippen molar-refractivity contribution in [2.75, 3.05) is 19.0 Å². The summed E-state index contributed by atoms with van der Waals surface area (Å²) in [7, 11) is 2.60. The van der Waals surface area contributed by atoms with Gasteiger partial charge in [-0.1, -0.05) is 16.3 Å². The highest BCUT2D eigenvalue weighted by Gasteiger charge is 1.87. The maximum Gasteiger partial charge on any atom is 0.0354 e. The van der Waals surface area contributed by atoms with Crippen molar-refractivity contribution >= 4 is 38.0 Å². The molecular formula is C4H12BrClNP. The average Bonchev–Trinajstić information content (AvgIpc) is 1.68. The molecule has 0 aliphatic carbocycles. The van der Waals surface area contributed by atoms with Gasteiger partial charge in [-0.3, -0.25) is 4.67 Å². The van der Waals surface area contributed by atoms with Crippen LogP contribution in [0.2, 0.25) is 0 Å². The maximum absolute atomic E-state index is 5.42. The van der Waals surface area contributed by atoms with Gasteiger partial charge in [-0.2, -0.15) is 0 Å². The van der Waals surface area contributed by atoms with E-state index in [1.54, 1.807) is 0 Å². The van der Waals surface area contributed by atoms with E-state index in [9.17, 15) is 0 Å². The van der Waals surface area contributed by atoms with Crippen LogP contribution in [0.25, 0.3) is 0 Å². The molecule has 1 unspecified atom stereocenters. The van der Waals surface area contributed by atoms with Gasteiger partial charge in [0, 0.05) is 12.4 Å². The predicted molar refractivity (Wildman–Crippen MR) is 48.0 cm³/mol. The monoisotopic (exact) mass is 219 g/mol. The Morgan fingerprint density at radius 3 is 2.25 bits per heavy atom. The molecule has 0 bridgehead atoms. The van der Waals surface area contributed by atoms with Gasteiger partial charge < -0.3 is 0 Å². The van der Waals surface area contributed by atoms with Gasteiger partial charge in [0.1, 0.15) is 0 Å². The number of rotatable bonds is 3. The molecule has 0 heterocycles. The molecule has 52 valence electrons. The smallest absolute Gasteiger partial charge is 0.0354 e. The largest absolute Gasteiger partial charge is 0.286 e. The van der Waals surface area contributed by atoms with Crippen molar-refractivity contribution in [2.24, 2.45) is 0 Å². The van der Waals surface area contributed by atoms with Crippen molar-refractivity contribution in [3.63, 3.8) is 0 Å². The number of nitrogens with zero attached hydrogens (tertiary/aromatic N) is 1. The molecular weight excluding hydrogens is 208 g/mol. The van der Waals surface area contributed by atoms with Crippen molar-refractivity contribution in [2.45, 2.75) is 6.92 Å². The minimum atomic E-state index is 0. The molecule has 0 aromatic heterocycles. The molecule has 1 atom stereocenters. The Balaban J connectivity index is 0.